The average molecular weight is 225 g/mol. The molecule has 0 unspecified atom stereocenters. The SMILES string of the molecule is CCOC(=O)CC.O=[N+]([O-])c1ccccc1. The zero-order chi connectivity index (χ0) is 12.4. The third kappa shape index (κ3) is 6.53. The summed E-state index contributed by atoms with van der Waals surface area (Å²) in [7, 11) is 0. The summed E-state index contributed by atoms with van der Waals surface area (Å²) in [5, 5.41) is 10.0. The van der Waals surface area contributed by atoms with E-state index in [1.54, 1.807) is 32.0 Å². The van der Waals surface area contributed by atoms with E-state index in [4.69, 9.17) is 0 Å². The van der Waals surface area contributed by atoms with Gasteiger partial charge in [0.1, 0.15) is 0 Å². The van der Waals surface area contributed by atoms with E-state index in [9.17, 15) is 14.9 Å². The maximum atomic E-state index is 10.2. The van der Waals surface area contributed by atoms with Gasteiger partial charge < -0.3 is 4.74 Å². The lowest BCUT2D eigenvalue weighted by Gasteiger charge is -1.93. The third-order valence-electron chi connectivity index (χ3n) is 1.56. The van der Waals surface area contributed by atoms with Gasteiger partial charge in [-0.05, 0) is 6.92 Å². The molecule has 0 amide bonds. The number of non-ortho nitro benzene ring substituents is 1. The normalized spacial score (nSPS) is 8.62. The predicted molar refractivity (Wildman–Crippen MR) is 60.0 cm³/mol. The summed E-state index contributed by atoms with van der Waals surface area (Å²) in [6.45, 7) is 4.07. The molecule has 0 radical (unpaired) electrons. The van der Waals surface area contributed by atoms with Gasteiger partial charge in [0.25, 0.3) is 5.69 Å². The maximum absolute atomic E-state index is 10.2. The Kier molecular flexibility index (Phi) is 7.40. The molecular formula is C11H15NO4. The number of hydrogen-bond donors (Lipinski definition) is 0. The van der Waals surface area contributed by atoms with Gasteiger partial charge in [-0.3, -0.25) is 14.9 Å². The van der Waals surface area contributed by atoms with Crippen molar-refractivity contribution in [2.75, 3.05) is 6.61 Å². The number of carbonyl (C=O) groups excluding carboxylic acids is 1. The van der Waals surface area contributed by atoms with Gasteiger partial charge in [0.15, 0.2) is 0 Å². The lowest BCUT2D eigenvalue weighted by atomic mass is 10.3. The van der Waals surface area contributed by atoms with E-state index in [1.165, 1.54) is 12.1 Å². The first kappa shape index (κ1) is 14.1. The number of esters is 1. The van der Waals surface area contributed by atoms with Gasteiger partial charge in [0.2, 0.25) is 0 Å². The van der Waals surface area contributed by atoms with Crippen molar-refractivity contribution in [2.24, 2.45) is 0 Å². The van der Waals surface area contributed by atoms with E-state index in [1.807, 2.05) is 0 Å². The molecule has 1 rings (SSSR count). The molecule has 16 heavy (non-hydrogen) atoms. The van der Waals surface area contributed by atoms with Gasteiger partial charge >= 0.3 is 5.97 Å². The van der Waals surface area contributed by atoms with Crippen LogP contribution in [0.3, 0.4) is 0 Å². The highest BCUT2D eigenvalue weighted by Gasteiger charge is 1.98. The molecule has 5 heteroatoms. The average Bonchev–Trinajstić information content (AvgIpc) is 2.31. The number of benzene rings is 1. The van der Waals surface area contributed by atoms with Crippen molar-refractivity contribution in [3.8, 4) is 0 Å². The van der Waals surface area contributed by atoms with Crippen molar-refractivity contribution < 1.29 is 14.5 Å². The summed E-state index contributed by atoms with van der Waals surface area (Å²) in [6.07, 6.45) is 0.480. The molecule has 0 fully saturated rings. The van der Waals surface area contributed by atoms with Crippen LogP contribution in [0, 0.1) is 10.1 Å². The molecule has 0 aliphatic rings. The second-order valence-corrected chi connectivity index (χ2v) is 2.75. The van der Waals surface area contributed by atoms with Crippen LogP contribution in [0.25, 0.3) is 0 Å². The summed E-state index contributed by atoms with van der Waals surface area (Å²) in [4.78, 5) is 19.8. The Morgan fingerprint density at radius 1 is 1.31 bits per heavy atom. The molecule has 88 valence electrons. The second-order valence-electron chi connectivity index (χ2n) is 2.75. The van der Waals surface area contributed by atoms with Gasteiger partial charge in [-0.25, -0.2) is 0 Å². The molecule has 0 N–H and O–H groups in total. The van der Waals surface area contributed by atoms with Crippen LogP contribution in [-0.2, 0) is 9.53 Å². The van der Waals surface area contributed by atoms with Crippen LogP contribution < -0.4 is 0 Å². The summed E-state index contributed by atoms with van der Waals surface area (Å²) in [5.74, 6) is -0.123. The molecule has 5 nitrogen and oxygen atoms in total. The Balaban J connectivity index is 0.000000293. The first-order valence-electron chi connectivity index (χ1n) is 4.96. The van der Waals surface area contributed by atoms with Crippen molar-refractivity contribution in [1.82, 2.24) is 0 Å². The van der Waals surface area contributed by atoms with E-state index in [0.717, 1.165) is 0 Å². The Morgan fingerprint density at radius 3 is 2.12 bits per heavy atom. The van der Waals surface area contributed by atoms with Crippen LogP contribution in [0.4, 0.5) is 5.69 Å². The highest BCUT2D eigenvalue weighted by Crippen LogP contribution is 2.06. The van der Waals surface area contributed by atoms with Gasteiger partial charge in [0.05, 0.1) is 11.5 Å². The highest BCUT2D eigenvalue weighted by molar-refractivity contribution is 5.68. The molecule has 0 saturated heterocycles. The fraction of sp³-hybridized carbons (Fsp3) is 0.364. The molecule has 0 aliphatic carbocycles. The second kappa shape index (κ2) is 8.40. The number of hydrogen-bond acceptors (Lipinski definition) is 4. The van der Waals surface area contributed by atoms with Crippen molar-refractivity contribution >= 4 is 11.7 Å². The van der Waals surface area contributed by atoms with E-state index in [-0.39, 0.29) is 11.7 Å². The zero-order valence-corrected chi connectivity index (χ0v) is 9.38. The van der Waals surface area contributed by atoms with Crippen LogP contribution in [0.5, 0.6) is 0 Å². The Morgan fingerprint density at radius 2 is 1.88 bits per heavy atom. The minimum atomic E-state index is -0.417. The Labute approximate surface area is 94.2 Å². The van der Waals surface area contributed by atoms with Crippen molar-refractivity contribution in [3.63, 3.8) is 0 Å². The molecule has 0 atom stereocenters. The van der Waals surface area contributed by atoms with Gasteiger partial charge in [-0.15, -0.1) is 0 Å². The highest BCUT2D eigenvalue weighted by atomic mass is 16.6. The van der Waals surface area contributed by atoms with E-state index in [0.29, 0.717) is 13.0 Å². The number of nitro groups is 1. The van der Waals surface area contributed by atoms with Crippen LogP contribution >= 0.6 is 0 Å². The summed E-state index contributed by atoms with van der Waals surface area (Å²) in [6, 6.07) is 7.93. The van der Waals surface area contributed by atoms with Crippen LogP contribution in [0.2, 0.25) is 0 Å². The number of nitro benzene ring substituents is 1. The van der Waals surface area contributed by atoms with Crippen LogP contribution in [0.1, 0.15) is 20.3 Å². The molecule has 1 aromatic rings. The number of carbonyl (C=O) groups is 1. The smallest absolute Gasteiger partial charge is 0.305 e. The van der Waals surface area contributed by atoms with Crippen LogP contribution in [0.15, 0.2) is 30.3 Å². The predicted octanol–water partition coefficient (Wildman–Crippen LogP) is 2.55. The fourth-order valence-electron chi connectivity index (χ4n) is 0.813. The van der Waals surface area contributed by atoms with E-state index in [2.05, 4.69) is 4.74 Å². The van der Waals surface area contributed by atoms with E-state index >= 15 is 0 Å². The molecule has 0 bridgehead atoms. The lowest BCUT2D eigenvalue weighted by Crippen LogP contribution is -2.00. The summed E-state index contributed by atoms with van der Waals surface area (Å²) < 4.78 is 4.55. The van der Waals surface area contributed by atoms with E-state index < -0.39 is 4.92 Å². The van der Waals surface area contributed by atoms with Crippen molar-refractivity contribution in [3.05, 3.63) is 40.4 Å². The Bertz CT molecular complexity index is 324. The largest absolute Gasteiger partial charge is 0.466 e. The summed E-state index contributed by atoms with van der Waals surface area (Å²) in [5.41, 5.74) is 0.137. The third-order valence-corrected chi connectivity index (χ3v) is 1.56. The molecule has 0 heterocycles. The zero-order valence-electron chi connectivity index (χ0n) is 9.38. The number of ether oxygens (including phenoxy) is 1. The first-order valence-corrected chi connectivity index (χ1v) is 4.96. The molecule has 1 aromatic carbocycles. The monoisotopic (exact) mass is 225 g/mol. The number of rotatable bonds is 3. The van der Waals surface area contributed by atoms with Crippen molar-refractivity contribution in [2.45, 2.75) is 20.3 Å². The number of para-hydroxylation sites is 1. The van der Waals surface area contributed by atoms with Crippen molar-refractivity contribution in [1.29, 1.82) is 0 Å². The topological polar surface area (TPSA) is 69.4 Å². The minimum absolute atomic E-state index is 0.123. The van der Waals surface area contributed by atoms with Gasteiger partial charge in [0, 0.05) is 18.6 Å². The standard InChI is InChI=1S/C6H5NO2.C5H10O2/c8-7(9)6-4-2-1-3-5-6;1-3-5(6)7-4-2/h1-5H;3-4H2,1-2H3. The molecule has 0 saturated carbocycles. The number of nitrogens with zero attached hydrogens (tertiary/aromatic N) is 1. The summed E-state index contributed by atoms with van der Waals surface area (Å²) >= 11 is 0. The quantitative estimate of drug-likeness (QED) is 0.450. The van der Waals surface area contributed by atoms with Gasteiger partial charge in [-0.1, -0.05) is 25.1 Å². The first-order chi connectivity index (χ1) is 7.61. The molecule has 0 aromatic heterocycles. The fourth-order valence-corrected chi connectivity index (χ4v) is 0.813. The molecule has 0 aliphatic heterocycles. The maximum Gasteiger partial charge on any atom is 0.305 e. The molecular weight excluding hydrogens is 210 g/mol. The van der Waals surface area contributed by atoms with Crippen LogP contribution in [-0.4, -0.2) is 17.5 Å². The minimum Gasteiger partial charge on any atom is -0.466 e. The molecule has 0 spiro atoms. The van der Waals surface area contributed by atoms with Gasteiger partial charge in [-0.2, -0.15) is 0 Å². The lowest BCUT2D eigenvalue weighted by molar-refractivity contribution is -0.384. The Hall–Kier alpha value is -1.91.